The highest BCUT2D eigenvalue weighted by Crippen LogP contribution is 2.12. The van der Waals surface area contributed by atoms with Crippen molar-refractivity contribution < 1.29 is 0 Å². The van der Waals surface area contributed by atoms with Gasteiger partial charge >= 0.3 is 0 Å². The molecule has 0 saturated heterocycles. The number of hydrogen-bond acceptors (Lipinski definition) is 1. The van der Waals surface area contributed by atoms with E-state index in [9.17, 15) is 0 Å². The highest BCUT2D eigenvalue weighted by molar-refractivity contribution is 5.23. The SMILES string of the molecule is CCNCCCC1=CC=CC=CC1. The molecule has 0 saturated carbocycles. The topological polar surface area (TPSA) is 12.0 Å². The second-order valence-corrected chi connectivity index (χ2v) is 3.30. The standard InChI is InChI=1S/C12H19N/c1-2-13-11-7-10-12-8-5-3-4-6-9-12/h3-6,8,13H,2,7,9-11H2,1H3. The fourth-order valence-electron chi connectivity index (χ4n) is 1.42. The summed E-state index contributed by atoms with van der Waals surface area (Å²) in [5, 5.41) is 3.34. The van der Waals surface area contributed by atoms with Crippen LogP contribution in [-0.4, -0.2) is 13.1 Å². The van der Waals surface area contributed by atoms with Crippen molar-refractivity contribution in [3.05, 3.63) is 36.0 Å². The van der Waals surface area contributed by atoms with Crippen LogP contribution in [-0.2, 0) is 0 Å². The highest BCUT2D eigenvalue weighted by atomic mass is 14.8. The third kappa shape index (κ3) is 4.69. The molecule has 0 fully saturated rings. The Morgan fingerprint density at radius 3 is 3.08 bits per heavy atom. The van der Waals surface area contributed by atoms with Crippen molar-refractivity contribution in [3.8, 4) is 0 Å². The molecule has 0 amide bonds. The van der Waals surface area contributed by atoms with Gasteiger partial charge in [0, 0.05) is 0 Å². The molecule has 0 atom stereocenters. The lowest BCUT2D eigenvalue weighted by atomic mass is 10.1. The van der Waals surface area contributed by atoms with Gasteiger partial charge < -0.3 is 5.32 Å². The molecule has 0 aliphatic heterocycles. The molecule has 1 aliphatic rings. The Labute approximate surface area is 81.2 Å². The predicted octanol–water partition coefficient (Wildman–Crippen LogP) is 2.82. The fourth-order valence-corrected chi connectivity index (χ4v) is 1.42. The van der Waals surface area contributed by atoms with Crippen molar-refractivity contribution in [1.82, 2.24) is 5.32 Å². The Morgan fingerprint density at radius 2 is 2.23 bits per heavy atom. The monoisotopic (exact) mass is 177 g/mol. The van der Waals surface area contributed by atoms with Gasteiger partial charge in [-0.2, -0.15) is 0 Å². The first-order valence-corrected chi connectivity index (χ1v) is 5.15. The van der Waals surface area contributed by atoms with E-state index in [1.807, 2.05) is 0 Å². The summed E-state index contributed by atoms with van der Waals surface area (Å²) in [6.07, 6.45) is 14.4. The lowest BCUT2D eigenvalue weighted by Gasteiger charge is -2.03. The lowest BCUT2D eigenvalue weighted by Crippen LogP contribution is -2.13. The molecule has 13 heavy (non-hydrogen) atoms. The average molecular weight is 177 g/mol. The molecular weight excluding hydrogens is 158 g/mol. The van der Waals surface area contributed by atoms with Crippen LogP contribution in [0.4, 0.5) is 0 Å². The molecule has 0 aromatic heterocycles. The molecule has 72 valence electrons. The van der Waals surface area contributed by atoms with Crippen LogP contribution in [0, 0.1) is 0 Å². The maximum Gasteiger partial charge on any atom is -0.00460 e. The molecule has 1 aliphatic carbocycles. The first-order valence-electron chi connectivity index (χ1n) is 5.15. The van der Waals surface area contributed by atoms with Crippen molar-refractivity contribution in [3.63, 3.8) is 0 Å². The Kier molecular flexibility index (Phi) is 5.27. The average Bonchev–Trinajstić information content (AvgIpc) is 2.41. The van der Waals surface area contributed by atoms with E-state index in [4.69, 9.17) is 0 Å². The van der Waals surface area contributed by atoms with E-state index in [2.05, 4.69) is 42.6 Å². The van der Waals surface area contributed by atoms with Crippen LogP contribution in [0.25, 0.3) is 0 Å². The van der Waals surface area contributed by atoms with Gasteiger partial charge in [0.25, 0.3) is 0 Å². The van der Waals surface area contributed by atoms with Crippen molar-refractivity contribution in [1.29, 1.82) is 0 Å². The van der Waals surface area contributed by atoms with Gasteiger partial charge in [-0.15, -0.1) is 0 Å². The van der Waals surface area contributed by atoms with Crippen molar-refractivity contribution >= 4 is 0 Å². The van der Waals surface area contributed by atoms with E-state index >= 15 is 0 Å². The fraction of sp³-hybridized carbons (Fsp3) is 0.500. The van der Waals surface area contributed by atoms with Crippen molar-refractivity contribution in [2.45, 2.75) is 26.2 Å². The molecule has 1 nitrogen and oxygen atoms in total. The third-order valence-corrected chi connectivity index (χ3v) is 2.17. The highest BCUT2D eigenvalue weighted by Gasteiger charge is 1.95. The van der Waals surface area contributed by atoms with Gasteiger partial charge in [-0.25, -0.2) is 0 Å². The zero-order chi connectivity index (χ0) is 9.36. The van der Waals surface area contributed by atoms with E-state index < -0.39 is 0 Å². The maximum atomic E-state index is 3.34. The summed E-state index contributed by atoms with van der Waals surface area (Å²) in [4.78, 5) is 0. The molecule has 0 unspecified atom stereocenters. The minimum absolute atomic E-state index is 1.08. The van der Waals surface area contributed by atoms with E-state index in [0.717, 1.165) is 19.5 Å². The van der Waals surface area contributed by atoms with Crippen molar-refractivity contribution in [2.24, 2.45) is 0 Å². The number of hydrogen-bond donors (Lipinski definition) is 1. The molecule has 1 heteroatoms. The quantitative estimate of drug-likeness (QED) is 0.637. The zero-order valence-corrected chi connectivity index (χ0v) is 8.42. The van der Waals surface area contributed by atoms with Gasteiger partial charge in [-0.3, -0.25) is 0 Å². The third-order valence-electron chi connectivity index (χ3n) is 2.17. The maximum absolute atomic E-state index is 3.34. The lowest BCUT2D eigenvalue weighted by molar-refractivity contribution is 0.667. The zero-order valence-electron chi connectivity index (χ0n) is 8.42. The Balaban J connectivity index is 2.17. The summed E-state index contributed by atoms with van der Waals surface area (Å²) >= 11 is 0. The van der Waals surface area contributed by atoms with E-state index in [-0.39, 0.29) is 0 Å². The van der Waals surface area contributed by atoms with Crippen LogP contribution in [0.15, 0.2) is 36.0 Å². The van der Waals surface area contributed by atoms with Gasteiger partial charge in [-0.1, -0.05) is 42.9 Å². The number of allylic oxidation sites excluding steroid dienone is 6. The first kappa shape index (κ1) is 10.3. The summed E-state index contributed by atoms with van der Waals surface area (Å²) in [6, 6.07) is 0. The second kappa shape index (κ2) is 6.67. The summed E-state index contributed by atoms with van der Waals surface area (Å²) in [6.45, 7) is 4.37. The van der Waals surface area contributed by atoms with Gasteiger partial charge in [0.15, 0.2) is 0 Å². The molecule has 0 radical (unpaired) electrons. The minimum atomic E-state index is 1.08. The summed E-state index contributed by atoms with van der Waals surface area (Å²) < 4.78 is 0. The summed E-state index contributed by atoms with van der Waals surface area (Å²) in [5.41, 5.74) is 1.54. The van der Waals surface area contributed by atoms with E-state index in [0.29, 0.717) is 0 Å². The largest absolute Gasteiger partial charge is 0.317 e. The van der Waals surface area contributed by atoms with Gasteiger partial charge in [0.05, 0.1) is 0 Å². The summed E-state index contributed by atoms with van der Waals surface area (Å²) in [7, 11) is 0. The predicted molar refractivity (Wildman–Crippen MR) is 58.8 cm³/mol. The minimum Gasteiger partial charge on any atom is -0.317 e. The van der Waals surface area contributed by atoms with Crippen LogP contribution in [0.5, 0.6) is 0 Å². The number of nitrogens with one attached hydrogen (secondary N) is 1. The van der Waals surface area contributed by atoms with E-state index in [1.165, 1.54) is 12.8 Å². The van der Waals surface area contributed by atoms with E-state index in [1.54, 1.807) is 5.57 Å². The molecule has 1 N–H and O–H groups in total. The molecule has 0 heterocycles. The van der Waals surface area contributed by atoms with Gasteiger partial charge in [-0.05, 0) is 32.4 Å². The van der Waals surface area contributed by atoms with Crippen molar-refractivity contribution in [2.75, 3.05) is 13.1 Å². The molecular formula is C12H19N. The van der Waals surface area contributed by atoms with Crippen LogP contribution >= 0.6 is 0 Å². The van der Waals surface area contributed by atoms with Crippen LogP contribution in [0.2, 0.25) is 0 Å². The molecule has 0 bridgehead atoms. The Hall–Kier alpha value is -0.820. The smallest absolute Gasteiger partial charge is 0.00460 e. The Morgan fingerprint density at radius 1 is 1.31 bits per heavy atom. The molecule has 1 rings (SSSR count). The van der Waals surface area contributed by atoms with Crippen LogP contribution < -0.4 is 5.32 Å². The van der Waals surface area contributed by atoms with Crippen LogP contribution in [0.1, 0.15) is 26.2 Å². The summed E-state index contributed by atoms with van der Waals surface area (Å²) in [5.74, 6) is 0. The molecule has 0 spiro atoms. The van der Waals surface area contributed by atoms with Gasteiger partial charge in [0.2, 0.25) is 0 Å². The first-order chi connectivity index (χ1) is 6.43. The van der Waals surface area contributed by atoms with Gasteiger partial charge in [0.1, 0.15) is 0 Å². The molecule has 0 aromatic carbocycles. The normalized spacial score (nSPS) is 15.6. The van der Waals surface area contributed by atoms with Crippen LogP contribution in [0.3, 0.4) is 0 Å². The number of rotatable bonds is 5. The Bertz CT molecular complexity index is 211. The second-order valence-electron chi connectivity index (χ2n) is 3.30. The molecule has 0 aromatic rings.